The Morgan fingerprint density at radius 2 is 2.00 bits per heavy atom. The maximum atomic E-state index is 4.96. The van der Waals surface area contributed by atoms with E-state index >= 15 is 0 Å². The van der Waals surface area contributed by atoms with E-state index in [2.05, 4.69) is 17.1 Å². The monoisotopic (exact) mass is 177 g/mol. The molecule has 0 aliphatic heterocycles. The number of aliphatic imine (C=N–C) groups is 1. The van der Waals surface area contributed by atoms with Gasteiger partial charge in [-0.1, -0.05) is 30.3 Å². The van der Waals surface area contributed by atoms with Crippen LogP contribution in [0, 0.1) is 0 Å². The van der Waals surface area contributed by atoms with Crippen molar-refractivity contribution >= 4 is 5.71 Å². The lowest BCUT2D eigenvalue weighted by Gasteiger charge is -1.99. The number of rotatable bonds is 4. The van der Waals surface area contributed by atoms with Crippen LogP contribution in [0.5, 0.6) is 0 Å². The first-order chi connectivity index (χ1) is 6.33. The highest BCUT2D eigenvalue weighted by molar-refractivity contribution is 5.83. The number of methoxy groups -OCH3 is 1. The van der Waals surface area contributed by atoms with Crippen molar-refractivity contribution in [2.24, 2.45) is 4.99 Å². The number of benzene rings is 1. The van der Waals surface area contributed by atoms with Crippen molar-refractivity contribution in [3.8, 4) is 0 Å². The third-order valence-electron chi connectivity index (χ3n) is 1.73. The number of hydrogen-bond acceptors (Lipinski definition) is 2. The van der Waals surface area contributed by atoms with Crippen molar-refractivity contribution in [1.82, 2.24) is 0 Å². The van der Waals surface area contributed by atoms with Gasteiger partial charge in [0.2, 0.25) is 0 Å². The average Bonchev–Trinajstić information content (AvgIpc) is 2.17. The molecular weight excluding hydrogens is 162 g/mol. The highest BCUT2D eigenvalue weighted by Crippen LogP contribution is 2.00. The molecule has 1 rings (SSSR count). The van der Waals surface area contributed by atoms with Crippen LogP contribution in [-0.2, 0) is 11.3 Å². The van der Waals surface area contributed by atoms with Gasteiger partial charge in [0.1, 0.15) is 0 Å². The summed E-state index contributed by atoms with van der Waals surface area (Å²) < 4.78 is 4.96. The van der Waals surface area contributed by atoms with Crippen LogP contribution in [0.3, 0.4) is 0 Å². The highest BCUT2D eigenvalue weighted by Gasteiger charge is 1.90. The molecule has 2 nitrogen and oxygen atoms in total. The topological polar surface area (TPSA) is 21.6 Å². The summed E-state index contributed by atoms with van der Waals surface area (Å²) in [5.74, 6) is 0. The molecule has 0 N–H and O–H groups in total. The lowest BCUT2D eigenvalue weighted by molar-refractivity contribution is 0.244. The Morgan fingerprint density at radius 1 is 1.31 bits per heavy atom. The summed E-state index contributed by atoms with van der Waals surface area (Å²) in [6.45, 7) is 3.34. The molecule has 0 atom stereocenters. The second-order valence-electron chi connectivity index (χ2n) is 2.97. The van der Waals surface area contributed by atoms with Crippen molar-refractivity contribution in [2.75, 3.05) is 13.7 Å². The lowest BCUT2D eigenvalue weighted by Crippen LogP contribution is -2.01. The van der Waals surface area contributed by atoms with Gasteiger partial charge >= 0.3 is 0 Å². The predicted molar refractivity (Wildman–Crippen MR) is 55.1 cm³/mol. The van der Waals surface area contributed by atoms with Gasteiger partial charge in [0.25, 0.3) is 0 Å². The van der Waals surface area contributed by atoms with Gasteiger partial charge in [-0.3, -0.25) is 4.99 Å². The number of nitrogens with zero attached hydrogens (tertiary/aromatic N) is 1. The largest absolute Gasteiger partial charge is 0.379 e. The van der Waals surface area contributed by atoms with Gasteiger partial charge in [-0.25, -0.2) is 0 Å². The molecular formula is C11H15NO. The van der Waals surface area contributed by atoms with Crippen LogP contribution in [0.15, 0.2) is 35.3 Å². The average molecular weight is 177 g/mol. The van der Waals surface area contributed by atoms with E-state index in [1.165, 1.54) is 5.56 Å². The van der Waals surface area contributed by atoms with Crippen molar-refractivity contribution in [1.29, 1.82) is 0 Å². The molecule has 1 aromatic rings. The van der Waals surface area contributed by atoms with Crippen LogP contribution in [0.4, 0.5) is 0 Å². The number of hydrogen-bond donors (Lipinski definition) is 0. The molecule has 0 saturated heterocycles. The van der Waals surface area contributed by atoms with E-state index in [1.807, 2.05) is 25.1 Å². The van der Waals surface area contributed by atoms with Crippen LogP contribution in [-0.4, -0.2) is 19.4 Å². The van der Waals surface area contributed by atoms with Crippen LogP contribution >= 0.6 is 0 Å². The van der Waals surface area contributed by atoms with Crippen LogP contribution in [0.2, 0.25) is 0 Å². The second kappa shape index (κ2) is 5.49. The number of ether oxygens (including phenoxy) is 1. The Labute approximate surface area is 79.3 Å². The third-order valence-corrected chi connectivity index (χ3v) is 1.73. The standard InChI is InChI=1S/C11H15NO/c1-10(9-13-2)12-8-11-6-4-3-5-7-11/h3-7H,8-9H2,1-2H3. The maximum absolute atomic E-state index is 4.96. The molecule has 0 heterocycles. The van der Waals surface area contributed by atoms with E-state index in [1.54, 1.807) is 7.11 Å². The minimum Gasteiger partial charge on any atom is -0.379 e. The van der Waals surface area contributed by atoms with Crippen molar-refractivity contribution in [3.63, 3.8) is 0 Å². The zero-order valence-electron chi connectivity index (χ0n) is 8.16. The summed E-state index contributed by atoms with van der Waals surface area (Å²) in [6.07, 6.45) is 0. The Kier molecular flexibility index (Phi) is 4.19. The highest BCUT2D eigenvalue weighted by atomic mass is 16.5. The van der Waals surface area contributed by atoms with Crippen LogP contribution in [0.25, 0.3) is 0 Å². The molecule has 0 saturated carbocycles. The molecule has 0 radical (unpaired) electrons. The summed E-state index contributed by atoms with van der Waals surface area (Å²) in [5.41, 5.74) is 2.27. The fraction of sp³-hybridized carbons (Fsp3) is 0.364. The molecule has 70 valence electrons. The van der Waals surface area contributed by atoms with E-state index in [4.69, 9.17) is 4.74 Å². The molecule has 0 amide bonds. The first-order valence-corrected chi connectivity index (χ1v) is 4.35. The molecule has 0 unspecified atom stereocenters. The van der Waals surface area contributed by atoms with Gasteiger partial charge in [0, 0.05) is 12.8 Å². The molecule has 0 fully saturated rings. The maximum Gasteiger partial charge on any atom is 0.0837 e. The Balaban J connectivity index is 2.47. The molecule has 0 spiro atoms. The SMILES string of the molecule is COCC(C)=NCc1ccccc1. The molecule has 13 heavy (non-hydrogen) atoms. The van der Waals surface area contributed by atoms with Gasteiger partial charge in [-0.15, -0.1) is 0 Å². The fourth-order valence-corrected chi connectivity index (χ4v) is 1.06. The molecule has 2 heteroatoms. The lowest BCUT2D eigenvalue weighted by atomic mass is 10.2. The molecule has 0 aromatic heterocycles. The summed E-state index contributed by atoms with van der Waals surface area (Å²) >= 11 is 0. The summed E-state index contributed by atoms with van der Waals surface area (Å²) in [6, 6.07) is 10.2. The quantitative estimate of drug-likeness (QED) is 0.647. The predicted octanol–water partition coefficient (Wildman–Crippen LogP) is 2.29. The van der Waals surface area contributed by atoms with Crippen molar-refractivity contribution in [2.45, 2.75) is 13.5 Å². The minimum atomic E-state index is 0.618. The smallest absolute Gasteiger partial charge is 0.0837 e. The first kappa shape index (κ1) is 9.93. The first-order valence-electron chi connectivity index (χ1n) is 4.35. The second-order valence-corrected chi connectivity index (χ2v) is 2.97. The Hall–Kier alpha value is -1.15. The normalized spacial score (nSPS) is 11.7. The molecule has 0 bridgehead atoms. The fourth-order valence-electron chi connectivity index (χ4n) is 1.06. The molecule has 0 aliphatic rings. The van der Waals surface area contributed by atoms with Gasteiger partial charge in [0.05, 0.1) is 13.2 Å². The van der Waals surface area contributed by atoms with Crippen molar-refractivity contribution in [3.05, 3.63) is 35.9 Å². The van der Waals surface area contributed by atoms with Crippen LogP contribution < -0.4 is 0 Å². The molecule has 1 aromatic carbocycles. The van der Waals surface area contributed by atoms with E-state index in [9.17, 15) is 0 Å². The van der Waals surface area contributed by atoms with Gasteiger partial charge < -0.3 is 4.74 Å². The van der Waals surface area contributed by atoms with Crippen molar-refractivity contribution < 1.29 is 4.74 Å². The van der Waals surface area contributed by atoms with E-state index < -0.39 is 0 Å². The van der Waals surface area contributed by atoms with E-state index in [-0.39, 0.29) is 0 Å². The Morgan fingerprint density at radius 3 is 2.62 bits per heavy atom. The summed E-state index contributed by atoms with van der Waals surface area (Å²) in [4.78, 5) is 4.38. The van der Waals surface area contributed by atoms with Gasteiger partial charge in [0.15, 0.2) is 0 Å². The van der Waals surface area contributed by atoms with Crippen LogP contribution in [0.1, 0.15) is 12.5 Å². The minimum absolute atomic E-state index is 0.618. The van der Waals surface area contributed by atoms with Gasteiger partial charge in [-0.05, 0) is 12.5 Å². The zero-order chi connectivity index (χ0) is 9.52. The third kappa shape index (κ3) is 3.85. The van der Waals surface area contributed by atoms with Gasteiger partial charge in [-0.2, -0.15) is 0 Å². The summed E-state index contributed by atoms with van der Waals surface area (Å²) in [7, 11) is 1.68. The molecule has 0 aliphatic carbocycles. The van der Waals surface area contributed by atoms with E-state index in [0.717, 1.165) is 12.3 Å². The van der Waals surface area contributed by atoms with E-state index in [0.29, 0.717) is 6.61 Å². The zero-order valence-corrected chi connectivity index (χ0v) is 8.16. The Bertz CT molecular complexity index is 267. The summed E-state index contributed by atoms with van der Waals surface area (Å²) in [5, 5.41) is 0.